The van der Waals surface area contributed by atoms with Crippen LogP contribution in [0, 0.1) is 0 Å². The molecule has 0 spiro atoms. The molecule has 138 valence electrons. The fraction of sp³-hybridized carbons (Fsp3) is 0.227. The molecule has 5 heteroatoms. The van der Waals surface area contributed by atoms with E-state index in [1.165, 1.54) is 0 Å². The van der Waals surface area contributed by atoms with E-state index in [1.807, 2.05) is 54.6 Å². The van der Waals surface area contributed by atoms with Gasteiger partial charge in [-0.3, -0.25) is 4.79 Å². The van der Waals surface area contributed by atoms with E-state index in [0.717, 1.165) is 17.1 Å². The van der Waals surface area contributed by atoms with Crippen LogP contribution in [0.5, 0.6) is 0 Å². The minimum absolute atomic E-state index is 0.0291. The highest BCUT2D eigenvalue weighted by molar-refractivity contribution is 5.95. The lowest BCUT2D eigenvalue weighted by Crippen LogP contribution is -2.26. The summed E-state index contributed by atoms with van der Waals surface area (Å²) >= 11 is 0. The molecule has 0 atom stereocenters. The Bertz CT molecular complexity index is 946. The molecule has 1 heterocycles. The van der Waals surface area contributed by atoms with Crippen LogP contribution in [0.1, 0.15) is 38.1 Å². The van der Waals surface area contributed by atoms with Gasteiger partial charge in [-0.1, -0.05) is 42.5 Å². The van der Waals surface area contributed by atoms with Gasteiger partial charge in [0.1, 0.15) is 11.6 Å². The van der Waals surface area contributed by atoms with Crippen LogP contribution in [0.15, 0.2) is 60.7 Å². The maximum Gasteiger partial charge on any atom is 0.163 e. The highest BCUT2D eigenvalue weighted by Crippen LogP contribution is 2.24. The van der Waals surface area contributed by atoms with Gasteiger partial charge in [-0.05, 0) is 39.8 Å². The molecule has 0 amide bonds. The number of ketones is 1. The Kier molecular flexibility index (Phi) is 5.21. The highest BCUT2D eigenvalue weighted by Gasteiger charge is 2.14. The first-order valence-corrected chi connectivity index (χ1v) is 8.91. The molecule has 0 saturated carbocycles. The topological polar surface area (TPSA) is 66.9 Å². The Morgan fingerprint density at radius 3 is 2.26 bits per heavy atom. The number of aromatic nitrogens is 2. The molecule has 0 saturated heterocycles. The first-order valence-electron chi connectivity index (χ1n) is 8.91. The molecule has 0 aliphatic heterocycles. The number of carbonyl (C=O) groups excluding carboxylic acids is 1. The van der Waals surface area contributed by atoms with Crippen molar-refractivity contribution >= 4 is 23.1 Å². The number of Topliss-reactive ketones (excluding diaryl/α,β-unsaturated/α-hetero) is 1. The number of anilines is 3. The summed E-state index contributed by atoms with van der Waals surface area (Å²) in [5, 5.41) is 6.69. The molecular weight excluding hydrogens is 336 g/mol. The van der Waals surface area contributed by atoms with Crippen molar-refractivity contribution in [2.45, 2.75) is 33.2 Å². The van der Waals surface area contributed by atoms with E-state index in [-0.39, 0.29) is 11.3 Å². The van der Waals surface area contributed by atoms with E-state index in [4.69, 9.17) is 0 Å². The van der Waals surface area contributed by atoms with Crippen LogP contribution in [0.4, 0.5) is 17.3 Å². The van der Waals surface area contributed by atoms with Crippen molar-refractivity contribution in [1.82, 2.24) is 9.97 Å². The number of nitrogens with zero attached hydrogens (tertiary/aromatic N) is 2. The van der Waals surface area contributed by atoms with Crippen LogP contribution >= 0.6 is 0 Å². The molecular formula is C22H24N4O. The Balaban J connectivity index is 1.99. The third-order valence-electron chi connectivity index (χ3n) is 3.80. The number of hydrogen-bond donors (Lipinski definition) is 2. The summed E-state index contributed by atoms with van der Waals surface area (Å²) in [5.41, 5.74) is 2.27. The summed E-state index contributed by atoms with van der Waals surface area (Å²) < 4.78 is 0. The predicted molar refractivity (Wildman–Crippen MR) is 111 cm³/mol. The van der Waals surface area contributed by atoms with E-state index in [2.05, 4.69) is 41.4 Å². The lowest BCUT2D eigenvalue weighted by molar-refractivity contribution is 0.101. The number of carbonyl (C=O) groups is 1. The van der Waals surface area contributed by atoms with Crippen LogP contribution in [-0.4, -0.2) is 21.3 Å². The van der Waals surface area contributed by atoms with E-state index in [1.54, 1.807) is 13.0 Å². The van der Waals surface area contributed by atoms with Gasteiger partial charge in [-0.2, -0.15) is 0 Å². The highest BCUT2D eigenvalue weighted by atomic mass is 16.1. The quantitative estimate of drug-likeness (QED) is 0.604. The fourth-order valence-electron chi connectivity index (χ4n) is 2.64. The minimum Gasteiger partial charge on any atom is -0.365 e. The van der Waals surface area contributed by atoms with Gasteiger partial charge in [-0.15, -0.1) is 0 Å². The van der Waals surface area contributed by atoms with Crippen molar-refractivity contribution in [2.75, 3.05) is 10.6 Å². The van der Waals surface area contributed by atoms with Gasteiger partial charge in [0.2, 0.25) is 0 Å². The van der Waals surface area contributed by atoms with E-state index in [0.29, 0.717) is 17.2 Å². The smallest absolute Gasteiger partial charge is 0.163 e. The van der Waals surface area contributed by atoms with Gasteiger partial charge < -0.3 is 10.6 Å². The van der Waals surface area contributed by atoms with E-state index >= 15 is 0 Å². The van der Waals surface area contributed by atoms with Gasteiger partial charge in [0, 0.05) is 28.4 Å². The molecule has 0 bridgehead atoms. The molecule has 0 radical (unpaired) electrons. The maximum atomic E-state index is 11.6. The van der Waals surface area contributed by atoms with Crippen LogP contribution in [-0.2, 0) is 0 Å². The molecule has 5 nitrogen and oxygen atoms in total. The molecule has 2 N–H and O–H groups in total. The first-order chi connectivity index (χ1) is 12.8. The zero-order valence-corrected chi connectivity index (χ0v) is 16.1. The fourth-order valence-corrected chi connectivity index (χ4v) is 2.64. The minimum atomic E-state index is -0.131. The third-order valence-corrected chi connectivity index (χ3v) is 3.80. The molecule has 2 aromatic carbocycles. The van der Waals surface area contributed by atoms with E-state index in [9.17, 15) is 4.79 Å². The third kappa shape index (κ3) is 5.14. The second kappa shape index (κ2) is 7.58. The second-order valence-corrected chi connectivity index (χ2v) is 7.47. The van der Waals surface area contributed by atoms with Crippen LogP contribution in [0.25, 0.3) is 11.4 Å². The number of nitrogens with one attached hydrogen (secondary N) is 2. The molecule has 0 aliphatic rings. The van der Waals surface area contributed by atoms with Crippen molar-refractivity contribution in [3.8, 4) is 11.4 Å². The van der Waals surface area contributed by atoms with Gasteiger partial charge in [0.15, 0.2) is 11.6 Å². The summed E-state index contributed by atoms with van der Waals surface area (Å²) in [6.07, 6.45) is 0. The average molecular weight is 360 g/mol. The van der Waals surface area contributed by atoms with Crippen LogP contribution < -0.4 is 10.6 Å². The molecule has 27 heavy (non-hydrogen) atoms. The maximum absolute atomic E-state index is 11.6. The summed E-state index contributed by atoms with van der Waals surface area (Å²) in [7, 11) is 0. The summed E-state index contributed by atoms with van der Waals surface area (Å²) in [6.45, 7) is 7.81. The number of hydrogen-bond acceptors (Lipinski definition) is 5. The molecule has 3 rings (SSSR count). The predicted octanol–water partition coefficient (Wildman–Crippen LogP) is 5.30. The molecule has 3 aromatic rings. The van der Waals surface area contributed by atoms with Crippen molar-refractivity contribution in [3.63, 3.8) is 0 Å². The van der Waals surface area contributed by atoms with Crippen LogP contribution in [0.3, 0.4) is 0 Å². The lowest BCUT2D eigenvalue weighted by atomic mass is 10.1. The monoisotopic (exact) mass is 360 g/mol. The summed E-state index contributed by atoms with van der Waals surface area (Å²) in [4.78, 5) is 21.0. The molecule has 0 aliphatic carbocycles. The summed E-state index contributed by atoms with van der Waals surface area (Å²) in [6, 6.07) is 19.1. The van der Waals surface area contributed by atoms with Crippen LogP contribution in [0.2, 0.25) is 0 Å². The summed E-state index contributed by atoms with van der Waals surface area (Å²) in [5.74, 6) is 2.06. The Morgan fingerprint density at radius 1 is 0.889 bits per heavy atom. The SMILES string of the molecule is CC(=O)c1cccc(Nc2cc(NC(C)(C)C)nc(-c3ccccc3)n2)c1. The van der Waals surface area contributed by atoms with Crippen molar-refractivity contribution in [3.05, 3.63) is 66.2 Å². The van der Waals surface area contributed by atoms with Gasteiger partial charge in [-0.25, -0.2) is 9.97 Å². The normalized spacial score (nSPS) is 11.1. The molecule has 0 unspecified atom stereocenters. The van der Waals surface area contributed by atoms with E-state index < -0.39 is 0 Å². The number of benzene rings is 2. The zero-order chi connectivity index (χ0) is 19.4. The van der Waals surface area contributed by atoms with Crippen molar-refractivity contribution in [1.29, 1.82) is 0 Å². The second-order valence-electron chi connectivity index (χ2n) is 7.47. The average Bonchev–Trinajstić information content (AvgIpc) is 2.61. The van der Waals surface area contributed by atoms with Gasteiger partial charge in [0.05, 0.1) is 0 Å². The first kappa shape index (κ1) is 18.6. The van der Waals surface area contributed by atoms with Gasteiger partial charge >= 0.3 is 0 Å². The Hall–Kier alpha value is -3.21. The van der Waals surface area contributed by atoms with Crippen molar-refractivity contribution < 1.29 is 4.79 Å². The standard InChI is InChI=1S/C22H24N4O/c1-15(27)17-11-8-12-18(13-17)23-19-14-20(26-22(2,3)4)25-21(24-19)16-9-6-5-7-10-16/h5-14H,1-4H3,(H2,23,24,25,26). The van der Waals surface area contributed by atoms with Gasteiger partial charge in [0.25, 0.3) is 0 Å². The number of rotatable bonds is 5. The van der Waals surface area contributed by atoms with Crippen molar-refractivity contribution in [2.24, 2.45) is 0 Å². The largest absolute Gasteiger partial charge is 0.365 e. The lowest BCUT2D eigenvalue weighted by Gasteiger charge is -2.22. The zero-order valence-electron chi connectivity index (χ0n) is 16.1. The molecule has 0 fully saturated rings. The molecule has 1 aromatic heterocycles. The Labute approximate surface area is 159 Å². The Morgan fingerprint density at radius 2 is 1.59 bits per heavy atom.